The molecule has 0 aliphatic carbocycles. The summed E-state index contributed by atoms with van der Waals surface area (Å²) in [7, 11) is 0. The van der Waals surface area contributed by atoms with Crippen LogP contribution in [0.4, 0.5) is 4.79 Å². The third-order valence-corrected chi connectivity index (χ3v) is 3.25. The zero-order valence-electron chi connectivity index (χ0n) is 10.7. The molecular weight excluding hydrogens is 242 g/mol. The van der Waals surface area contributed by atoms with Crippen LogP contribution in [-0.4, -0.2) is 19.3 Å². The van der Waals surface area contributed by atoms with Crippen molar-refractivity contribution < 1.29 is 14.3 Å². The predicted molar refractivity (Wildman–Crippen MR) is 72.3 cm³/mol. The molecule has 1 aliphatic rings. The van der Waals surface area contributed by atoms with E-state index in [1.54, 1.807) is 0 Å². The summed E-state index contributed by atoms with van der Waals surface area (Å²) in [4.78, 5) is 11.3. The van der Waals surface area contributed by atoms with E-state index in [4.69, 9.17) is 9.47 Å². The van der Waals surface area contributed by atoms with Gasteiger partial charge in [0.2, 0.25) is 0 Å². The van der Waals surface area contributed by atoms with Crippen LogP contribution in [0.3, 0.4) is 0 Å². The molecule has 3 rings (SSSR count). The Bertz CT molecular complexity index is 624. The molecule has 2 aromatic rings. The van der Waals surface area contributed by atoms with Gasteiger partial charge in [-0.25, -0.2) is 4.79 Å². The van der Waals surface area contributed by atoms with Gasteiger partial charge in [0.1, 0.15) is 12.4 Å². The number of hydrogen-bond donors (Lipinski definition) is 1. The second-order valence-electron chi connectivity index (χ2n) is 4.43. The Hall–Kier alpha value is -2.23. The highest BCUT2D eigenvalue weighted by molar-refractivity contribution is 5.89. The van der Waals surface area contributed by atoms with Gasteiger partial charge in [-0.15, -0.1) is 0 Å². The zero-order chi connectivity index (χ0) is 13.2. The number of carbonyl (C=O) groups excluding carboxylic acids is 1. The second-order valence-corrected chi connectivity index (χ2v) is 4.43. The molecule has 98 valence electrons. The van der Waals surface area contributed by atoms with Crippen LogP contribution in [0.25, 0.3) is 10.8 Å². The van der Waals surface area contributed by atoms with Crippen LogP contribution in [-0.2, 0) is 4.74 Å². The van der Waals surface area contributed by atoms with Crippen molar-refractivity contribution in [2.45, 2.75) is 13.0 Å². The summed E-state index contributed by atoms with van der Waals surface area (Å²) < 4.78 is 10.7. The average molecular weight is 257 g/mol. The molecule has 1 atom stereocenters. The molecule has 0 aromatic heterocycles. The van der Waals surface area contributed by atoms with Crippen LogP contribution >= 0.6 is 0 Å². The molecule has 1 heterocycles. The van der Waals surface area contributed by atoms with Gasteiger partial charge >= 0.3 is 6.09 Å². The predicted octanol–water partition coefficient (Wildman–Crippen LogP) is 3.02. The molecule has 0 bridgehead atoms. The number of ether oxygens (including phenoxy) is 2. The molecule has 0 radical (unpaired) electrons. The third-order valence-electron chi connectivity index (χ3n) is 3.25. The summed E-state index contributed by atoms with van der Waals surface area (Å²) in [6, 6.07) is 11.9. The summed E-state index contributed by atoms with van der Waals surface area (Å²) in [6.07, 6.45) is -0.375. The van der Waals surface area contributed by atoms with Gasteiger partial charge in [-0.05, 0) is 23.8 Å². The van der Waals surface area contributed by atoms with Gasteiger partial charge in [-0.1, -0.05) is 30.3 Å². The molecule has 0 saturated carbocycles. The number of rotatable bonds is 3. The highest BCUT2D eigenvalue weighted by Gasteiger charge is 2.28. The molecule has 2 aromatic carbocycles. The Labute approximate surface area is 111 Å². The fraction of sp³-hybridized carbons (Fsp3) is 0.267. The maximum atomic E-state index is 11.3. The monoisotopic (exact) mass is 257 g/mol. The Morgan fingerprint density at radius 2 is 2.16 bits per heavy atom. The number of fused-ring (bicyclic) bond motifs is 1. The van der Waals surface area contributed by atoms with E-state index in [1.807, 2.05) is 43.3 Å². The van der Waals surface area contributed by atoms with Crippen LogP contribution in [0.15, 0.2) is 36.4 Å². The number of cyclic esters (lactones) is 1. The molecular formula is C15H15NO3. The first-order chi connectivity index (χ1) is 9.29. The van der Waals surface area contributed by atoms with Gasteiger partial charge in [-0.3, -0.25) is 0 Å². The minimum atomic E-state index is -0.375. The average Bonchev–Trinajstić information content (AvgIpc) is 2.85. The lowest BCUT2D eigenvalue weighted by atomic mass is 9.98. The van der Waals surface area contributed by atoms with Crippen molar-refractivity contribution in [2.75, 3.05) is 13.2 Å². The van der Waals surface area contributed by atoms with Gasteiger partial charge < -0.3 is 14.8 Å². The smallest absolute Gasteiger partial charge is 0.407 e. The van der Waals surface area contributed by atoms with Crippen LogP contribution < -0.4 is 10.1 Å². The van der Waals surface area contributed by atoms with E-state index in [9.17, 15) is 4.79 Å². The lowest BCUT2D eigenvalue weighted by Crippen LogP contribution is -2.19. The fourth-order valence-corrected chi connectivity index (χ4v) is 2.46. The van der Waals surface area contributed by atoms with E-state index in [0.29, 0.717) is 13.2 Å². The van der Waals surface area contributed by atoms with Crippen molar-refractivity contribution in [1.29, 1.82) is 0 Å². The summed E-state index contributed by atoms with van der Waals surface area (Å²) in [5.74, 6) is 0.803. The Morgan fingerprint density at radius 1 is 1.32 bits per heavy atom. The van der Waals surface area contributed by atoms with E-state index < -0.39 is 0 Å². The number of nitrogens with one attached hydrogen (secondary N) is 1. The van der Waals surface area contributed by atoms with E-state index in [1.165, 1.54) is 0 Å². The molecule has 1 fully saturated rings. The van der Waals surface area contributed by atoms with Crippen molar-refractivity contribution in [3.8, 4) is 5.75 Å². The maximum Gasteiger partial charge on any atom is 0.407 e. The Morgan fingerprint density at radius 3 is 2.89 bits per heavy atom. The van der Waals surface area contributed by atoms with Crippen LogP contribution in [0.5, 0.6) is 5.75 Å². The second kappa shape index (κ2) is 4.80. The summed E-state index contributed by atoms with van der Waals surface area (Å²) >= 11 is 0. The van der Waals surface area contributed by atoms with Crippen molar-refractivity contribution in [1.82, 2.24) is 5.32 Å². The molecule has 1 amide bonds. The summed E-state index contributed by atoms with van der Waals surface area (Å²) in [5.41, 5.74) is 0.991. The number of benzene rings is 2. The number of alkyl carbamates (subject to hydrolysis) is 1. The molecule has 0 unspecified atom stereocenters. The number of hydrogen-bond acceptors (Lipinski definition) is 3. The molecule has 1 saturated heterocycles. The molecule has 4 nitrogen and oxygen atoms in total. The summed E-state index contributed by atoms with van der Waals surface area (Å²) in [5, 5.41) is 5.03. The van der Waals surface area contributed by atoms with Gasteiger partial charge in [0.15, 0.2) is 0 Å². The molecule has 0 spiro atoms. The highest BCUT2D eigenvalue weighted by atomic mass is 16.6. The Kier molecular flexibility index (Phi) is 2.99. The molecule has 1 aliphatic heterocycles. The van der Waals surface area contributed by atoms with E-state index in [-0.39, 0.29) is 12.1 Å². The van der Waals surface area contributed by atoms with Gasteiger partial charge in [-0.2, -0.15) is 0 Å². The number of amides is 1. The quantitative estimate of drug-likeness (QED) is 0.919. The lowest BCUT2D eigenvalue weighted by molar-refractivity contribution is 0.176. The van der Waals surface area contributed by atoms with E-state index >= 15 is 0 Å². The van der Waals surface area contributed by atoms with E-state index in [2.05, 4.69) is 5.32 Å². The zero-order valence-corrected chi connectivity index (χ0v) is 10.7. The largest absolute Gasteiger partial charge is 0.493 e. The first kappa shape index (κ1) is 11.8. The Balaban J connectivity index is 2.16. The SMILES string of the molecule is CCOc1ccc2ccccc2c1[C@@H]1COC(=O)N1. The topological polar surface area (TPSA) is 47.6 Å². The van der Waals surface area contributed by atoms with Crippen LogP contribution in [0.2, 0.25) is 0 Å². The van der Waals surface area contributed by atoms with Gasteiger partial charge in [0.05, 0.1) is 12.6 Å². The maximum absolute atomic E-state index is 11.3. The highest BCUT2D eigenvalue weighted by Crippen LogP contribution is 2.34. The van der Waals surface area contributed by atoms with E-state index in [0.717, 1.165) is 22.1 Å². The first-order valence-corrected chi connectivity index (χ1v) is 6.37. The van der Waals surface area contributed by atoms with Gasteiger partial charge in [0, 0.05) is 5.56 Å². The minimum Gasteiger partial charge on any atom is -0.493 e. The lowest BCUT2D eigenvalue weighted by Gasteiger charge is -2.17. The third kappa shape index (κ3) is 2.10. The van der Waals surface area contributed by atoms with Gasteiger partial charge in [0.25, 0.3) is 0 Å². The first-order valence-electron chi connectivity index (χ1n) is 6.37. The molecule has 1 N–H and O–H groups in total. The van der Waals surface area contributed by atoms with Crippen molar-refractivity contribution in [3.05, 3.63) is 42.0 Å². The molecule has 19 heavy (non-hydrogen) atoms. The minimum absolute atomic E-state index is 0.153. The van der Waals surface area contributed by atoms with Crippen molar-refractivity contribution in [2.24, 2.45) is 0 Å². The normalized spacial score (nSPS) is 18.2. The van der Waals surface area contributed by atoms with Crippen LogP contribution in [0.1, 0.15) is 18.5 Å². The van der Waals surface area contributed by atoms with Crippen molar-refractivity contribution in [3.63, 3.8) is 0 Å². The van der Waals surface area contributed by atoms with Crippen LogP contribution in [0, 0.1) is 0 Å². The van der Waals surface area contributed by atoms with Crippen molar-refractivity contribution >= 4 is 16.9 Å². The standard InChI is InChI=1S/C15H15NO3/c1-2-18-13-8-7-10-5-3-4-6-11(10)14(13)12-9-19-15(17)16-12/h3-8,12H,2,9H2,1H3,(H,16,17)/t12-/m0/s1. The summed E-state index contributed by atoms with van der Waals surface area (Å²) in [6.45, 7) is 2.88. The fourth-order valence-electron chi connectivity index (χ4n) is 2.46. The number of carbonyl (C=O) groups is 1. The molecule has 4 heteroatoms.